The molecule has 2 nitrogen and oxygen atoms in total. The van der Waals surface area contributed by atoms with Crippen LogP contribution in [-0.2, 0) is 6.42 Å². The predicted octanol–water partition coefficient (Wildman–Crippen LogP) is 4.66. The number of benzene rings is 2. The molecule has 0 aliphatic carbocycles. The Balaban J connectivity index is 2.23. The minimum Gasteiger partial charge on any atom is -0.490 e. The zero-order chi connectivity index (χ0) is 14.5. The van der Waals surface area contributed by atoms with Crippen molar-refractivity contribution in [3.63, 3.8) is 0 Å². The number of rotatable bonds is 5. The van der Waals surface area contributed by atoms with E-state index in [1.54, 1.807) is 0 Å². The van der Waals surface area contributed by atoms with Crippen molar-refractivity contribution in [2.45, 2.75) is 26.4 Å². The molecule has 0 saturated carbocycles. The average Bonchev–Trinajstić information content (AvgIpc) is 2.41. The Hall–Kier alpha value is -1.61. The van der Waals surface area contributed by atoms with E-state index in [0.29, 0.717) is 17.7 Å². The molecule has 2 aromatic rings. The number of para-hydroxylation sites is 1. The van der Waals surface area contributed by atoms with E-state index in [1.165, 1.54) is 0 Å². The van der Waals surface area contributed by atoms with Crippen molar-refractivity contribution in [1.82, 2.24) is 0 Å². The number of carbonyl (C=O) groups is 1. The second-order valence-corrected chi connectivity index (χ2v) is 5.71. The molecule has 0 aromatic heterocycles. The van der Waals surface area contributed by atoms with Gasteiger partial charge >= 0.3 is 0 Å². The number of ketones is 1. The third kappa shape index (κ3) is 3.70. The van der Waals surface area contributed by atoms with E-state index in [2.05, 4.69) is 15.9 Å². The van der Waals surface area contributed by atoms with Crippen LogP contribution >= 0.6 is 15.9 Å². The van der Waals surface area contributed by atoms with E-state index in [1.807, 2.05) is 62.4 Å². The molecule has 0 fully saturated rings. The van der Waals surface area contributed by atoms with Crippen molar-refractivity contribution >= 4 is 21.7 Å². The highest BCUT2D eigenvalue weighted by molar-refractivity contribution is 9.10. The third-order valence-corrected chi connectivity index (χ3v) is 3.63. The van der Waals surface area contributed by atoms with Gasteiger partial charge in [-0.15, -0.1) is 0 Å². The summed E-state index contributed by atoms with van der Waals surface area (Å²) in [4.78, 5) is 12.5. The summed E-state index contributed by atoms with van der Waals surface area (Å²) in [5, 5.41) is 0. The molecule has 20 heavy (non-hydrogen) atoms. The fourth-order valence-corrected chi connectivity index (χ4v) is 2.39. The van der Waals surface area contributed by atoms with Gasteiger partial charge in [-0.2, -0.15) is 0 Å². The van der Waals surface area contributed by atoms with Crippen LogP contribution in [0.3, 0.4) is 0 Å². The van der Waals surface area contributed by atoms with E-state index in [9.17, 15) is 4.79 Å². The van der Waals surface area contributed by atoms with Crippen molar-refractivity contribution in [2.75, 3.05) is 0 Å². The van der Waals surface area contributed by atoms with Gasteiger partial charge in [0.25, 0.3) is 0 Å². The van der Waals surface area contributed by atoms with Crippen LogP contribution in [0.2, 0.25) is 0 Å². The van der Waals surface area contributed by atoms with Crippen LogP contribution in [0.25, 0.3) is 0 Å². The van der Waals surface area contributed by atoms with Crippen LogP contribution in [0.1, 0.15) is 29.8 Å². The summed E-state index contributed by atoms with van der Waals surface area (Å²) in [5.74, 6) is 0.715. The SMILES string of the molecule is CC(C)Oc1ccccc1C(=O)Cc1ccccc1Br. The molecule has 0 aliphatic rings. The van der Waals surface area contributed by atoms with Gasteiger partial charge in [-0.05, 0) is 37.6 Å². The number of halogens is 1. The van der Waals surface area contributed by atoms with Crippen LogP contribution in [-0.4, -0.2) is 11.9 Å². The van der Waals surface area contributed by atoms with E-state index >= 15 is 0 Å². The number of hydrogen-bond donors (Lipinski definition) is 0. The average molecular weight is 333 g/mol. The fraction of sp³-hybridized carbons (Fsp3) is 0.235. The summed E-state index contributed by atoms with van der Waals surface area (Å²) in [6, 6.07) is 15.2. The van der Waals surface area contributed by atoms with E-state index in [4.69, 9.17) is 4.74 Å². The first-order valence-electron chi connectivity index (χ1n) is 6.60. The Morgan fingerprint density at radius 3 is 2.45 bits per heavy atom. The normalized spacial score (nSPS) is 10.6. The second kappa shape index (κ2) is 6.71. The van der Waals surface area contributed by atoms with Gasteiger partial charge in [-0.25, -0.2) is 0 Å². The zero-order valence-electron chi connectivity index (χ0n) is 11.6. The molecule has 0 saturated heterocycles. The molecule has 3 heteroatoms. The lowest BCUT2D eigenvalue weighted by atomic mass is 10.0. The smallest absolute Gasteiger partial charge is 0.170 e. The minimum atomic E-state index is 0.0485. The summed E-state index contributed by atoms with van der Waals surface area (Å²) >= 11 is 3.47. The number of Topliss-reactive ketones (excluding diaryl/α,β-unsaturated/α-hetero) is 1. The highest BCUT2D eigenvalue weighted by atomic mass is 79.9. The number of carbonyl (C=O) groups excluding carboxylic acids is 1. The van der Waals surface area contributed by atoms with Gasteiger partial charge in [0.2, 0.25) is 0 Å². The maximum atomic E-state index is 12.5. The summed E-state index contributed by atoms with van der Waals surface area (Å²) in [7, 11) is 0. The predicted molar refractivity (Wildman–Crippen MR) is 84.4 cm³/mol. The Labute approximate surface area is 127 Å². The molecule has 0 heterocycles. The third-order valence-electron chi connectivity index (χ3n) is 2.86. The van der Waals surface area contributed by atoms with Crippen molar-refractivity contribution in [2.24, 2.45) is 0 Å². The second-order valence-electron chi connectivity index (χ2n) is 4.85. The van der Waals surface area contributed by atoms with Gasteiger partial charge in [0.1, 0.15) is 5.75 Å². The van der Waals surface area contributed by atoms with Crippen molar-refractivity contribution in [3.8, 4) is 5.75 Å². The molecule has 0 radical (unpaired) electrons. The molecular weight excluding hydrogens is 316 g/mol. The van der Waals surface area contributed by atoms with Crippen molar-refractivity contribution in [3.05, 3.63) is 64.1 Å². The minimum absolute atomic E-state index is 0.0485. The quantitative estimate of drug-likeness (QED) is 0.744. The van der Waals surface area contributed by atoms with Crippen molar-refractivity contribution in [1.29, 1.82) is 0 Å². The Morgan fingerprint density at radius 2 is 1.75 bits per heavy atom. The standard InChI is InChI=1S/C17H17BrO2/c1-12(2)20-17-10-6-4-8-14(17)16(19)11-13-7-3-5-9-15(13)18/h3-10,12H,11H2,1-2H3. The summed E-state index contributed by atoms with van der Waals surface area (Å²) in [5.41, 5.74) is 1.62. The molecule has 0 N–H and O–H groups in total. The van der Waals surface area contributed by atoms with E-state index in [-0.39, 0.29) is 11.9 Å². The van der Waals surface area contributed by atoms with Crippen LogP contribution in [0, 0.1) is 0 Å². The van der Waals surface area contributed by atoms with Gasteiger partial charge < -0.3 is 4.74 Å². The summed E-state index contributed by atoms with van der Waals surface area (Å²) < 4.78 is 6.66. The highest BCUT2D eigenvalue weighted by Gasteiger charge is 2.14. The summed E-state index contributed by atoms with van der Waals surface area (Å²) in [6.07, 6.45) is 0.410. The van der Waals surface area contributed by atoms with Gasteiger partial charge in [0.05, 0.1) is 11.7 Å². The molecule has 0 bridgehead atoms. The lowest BCUT2D eigenvalue weighted by Gasteiger charge is -2.13. The van der Waals surface area contributed by atoms with Crippen LogP contribution in [0.5, 0.6) is 5.75 Å². The molecule has 2 aromatic carbocycles. The van der Waals surface area contributed by atoms with Gasteiger partial charge in [0.15, 0.2) is 5.78 Å². The molecule has 2 rings (SSSR count). The Kier molecular flexibility index (Phi) is 4.96. The maximum absolute atomic E-state index is 12.5. The molecule has 0 spiro atoms. The fourth-order valence-electron chi connectivity index (χ4n) is 1.96. The van der Waals surface area contributed by atoms with E-state index < -0.39 is 0 Å². The molecule has 0 atom stereocenters. The largest absolute Gasteiger partial charge is 0.490 e. The molecule has 104 valence electrons. The molecule has 0 aliphatic heterocycles. The molecular formula is C17H17BrO2. The summed E-state index contributed by atoms with van der Waals surface area (Å²) in [6.45, 7) is 3.91. The monoisotopic (exact) mass is 332 g/mol. The van der Waals surface area contributed by atoms with Crippen LogP contribution in [0.15, 0.2) is 53.0 Å². The Bertz CT molecular complexity index is 605. The number of hydrogen-bond acceptors (Lipinski definition) is 2. The topological polar surface area (TPSA) is 26.3 Å². The molecule has 0 unspecified atom stereocenters. The zero-order valence-corrected chi connectivity index (χ0v) is 13.2. The van der Waals surface area contributed by atoms with Gasteiger partial charge in [-0.1, -0.05) is 46.3 Å². The highest BCUT2D eigenvalue weighted by Crippen LogP contribution is 2.23. The first kappa shape index (κ1) is 14.8. The van der Waals surface area contributed by atoms with Gasteiger partial charge in [0, 0.05) is 10.9 Å². The Morgan fingerprint density at radius 1 is 1.10 bits per heavy atom. The van der Waals surface area contributed by atoms with Crippen LogP contribution in [0.4, 0.5) is 0 Å². The van der Waals surface area contributed by atoms with Crippen LogP contribution < -0.4 is 4.74 Å². The first-order chi connectivity index (χ1) is 9.58. The molecule has 0 amide bonds. The lowest BCUT2D eigenvalue weighted by molar-refractivity contribution is 0.0987. The van der Waals surface area contributed by atoms with E-state index in [0.717, 1.165) is 10.0 Å². The van der Waals surface area contributed by atoms with Crippen molar-refractivity contribution < 1.29 is 9.53 Å². The maximum Gasteiger partial charge on any atom is 0.170 e. The lowest BCUT2D eigenvalue weighted by Crippen LogP contribution is -2.11. The first-order valence-corrected chi connectivity index (χ1v) is 7.39. The number of ether oxygens (including phenoxy) is 1. The van der Waals surface area contributed by atoms with Gasteiger partial charge in [-0.3, -0.25) is 4.79 Å².